The van der Waals surface area contributed by atoms with E-state index >= 15 is 0 Å². The first-order valence-electron chi connectivity index (χ1n) is 5.41. The molecule has 0 amide bonds. The summed E-state index contributed by atoms with van der Waals surface area (Å²) in [6.07, 6.45) is 2.80. The predicted octanol–water partition coefficient (Wildman–Crippen LogP) is 3.06. The van der Waals surface area contributed by atoms with Crippen LogP contribution in [0.3, 0.4) is 0 Å². The van der Waals surface area contributed by atoms with Crippen LogP contribution in [-0.4, -0.2) is 4.98 Å². The highest BCUT2D eigenvalue weighted by Crippen LogP contribution is 2.22. The monoisotopic (exact) mass is 232 g/mol. The van der Waals surface area contributed by atoms with Gasteiger partial charge in [-0.1, -0.05) is 24.3 Å². The van der Waals surface area contributed by atoms with Crippen LogP contribution in [-0.2, 0) is 6.42 Å². The summed E-state index contributed by atoms with van der Waals surface area (Å²) in [5.41, 5.74) is 8.48. The number of nitrogens with zero attached hydrogens (tertiary/aromatic N) is 1. The first-order valence-corrected chi connectivity index (χ1v) is 6.23. The van der Waals surface area contributed by atoms with Crippen molar-refractivity contribution in [3.63, 3.8) is 0 Å². The Morgan fingerprint density at radius 2 is 2.12 bits per heavy atom. The molecule has 1 unspecified atom stereocenters. The molecular formula is C13H16N2S. The molecule has 0 fully saturated rings. The lowest BCUT2D eigenvalue weighted by Gasteiger charge is -2.02. The van der Waals surface area contributed by atoms with E-state index in [9.17, 15) is 0 Å². The van der Waals surface area contributed by atoms with Crippen molar-refractivity contribution in [3.8, 4) is 0 Å². The SMILES string of the molecule is Cc1ccccc1Cc1ncc(C(C)N)s1. The Hall–Kier alpha value is -1.19. The molecule has 1 aromatic carbocycles. The second-order valence-corrected chi connectivity index (χ2v) is 5.20. The Balaban J connectivity index is 2.18. The number of nitrogens with two attached hydrogens (primary N) is 1. The van der Waals surface area contributed by atoms with Gasteiger partial charge in [-0.3, -0.25) is 0 Å². The number of benzene rings is 1. The zero-order valence-corrected chi connectivity index (χ0v) is 10.4. The van der Waals surface area contributed by atoms with Crippen molar-refractivity contribution < 1.29 is 0 Å². The smallest absolute Gasteiger partial charge is 0.0972 e. The van der Waals surface area contributed by atoms with Crippen molar-refractivity contribution in [3.05, 3.63) is 51.5 Å². The fourth-order valence-electron chi connectivity index (χ4n) is 1.59. The predicted molar refractivity (Wildman–Crippen MR) is 68.7 cm³/mol. The summed E-state index contributed by atoms with van der Waals surface area (Å²) in [6, 6.07) is 8.51. The van der Waals surface area contributed by atoms with Crippen molar-refractivity contribution in [2.45, 2.75) is 26.3 Å². The third-order valence-corrected chi connectivity index (χ3v) is 3.82. The van der Waals surface area contributed by atoms with Crippen molar-refractivity contribution in [1.82, 2.24) is 4.98 Å². The lowest BCUT2D eigenvalue weighted by molar-refractivity contribution is 0.835. The standard InChI is InChI=1S/C13H16N2S/c1-9-5-3-4-6-11(9)7-13-15-8-12(16-13)10(2)14/h3-6,8,10H,7,14H2,1-2H3. The Morgan fingerprint density at radius 3 is 2.75 bits per heavy atom. The Kier molecular flexibility index (Phi) is 3.36. The van der Waals surface area contributed by atoms with Crippen LogP contribution in [0, 0.1) is 6.92 Å². The van der Waals surface area contributed by atoms with Gasteiger partial charge in [-0.25, -0.2) is 4.98 Å². The van der Waals surface area contributed by atoms with Crippen molar-refractivity contribution in [2.24, 2.45) is 5.73 Å². The lowest BCUT2D eigenvalue weighted by atomic mass is 10.1. The van der Waals surface area contributed by atoms with Crippen LogP contribution in [0.5, 0.6) is 0 Å². The molecule has 1 aromatic heterocycles. The van der Waals surface area contributed by atoms with E-state index in [1.165, 1.54) is 11.1 Å². The van der Waals surface area contributed by atoms with Gasteiger partial charge in [-0.05, 0) is 25.0 Å². The quantitative estimate of drug-likeness (QED) is 0.883. The first kappa shape index (κ1) is 11.3. The number of aromatic nitrogens is 1. The molecule has 2 aromatic rings. The molecule has 1 atom stereocenters. The third-order valence-electron chi connectivity index (χ3n) is 2.62. The van der Waals surface area contributed by atoms with Gasteiger partial charge in [-0.2, -0.15) is 0 Å². The number of hydrogen-bond acceptors (Lipinski definition) is 3. The second kappa shape index (κ2) is 4.76. The largest absolute Gasteiger partial charge is 0.323 e. The van der Waals surface area contributed by atoms with Crippen LogP contribution >= 0.6 is 11.3 Å². The maximum atomic E-state index is 5.82. The van der Waals surface area contributed by atoms with Gasteiger partial charge >= 0.3 is 0 Å². The highest BCUT2D eigenvalue weighted by atomic mass is 32.1. The van der Waals surface area contributed by atoms with E-state index in [0.29, 0.717) is 0 Å². The van der Waals surface area contributed by atoms with Gasteiger partial charge in [0.2, 0.25) is 0 Å². The van der Waals surface area contributed by atoms with Crippen LogP contribution in [0.2, 0.25) is 0 Å². The Morgan fingerprint density at radius 1 is 1.38 bits per heavy atom. The molecule has 0 aliphatic carbocycles. The zero-order chi connectivity index (χ0) is 11.5. The number of aryl methyl sites for hydroxylation is 1. The van der Waals surface area contributed by atoms with Crippen molar-refractivity contribution in [1.29, 1.82) is 0 Å². The molecule has 1 heterocycles. The van der Waals surface area contributed by atoms with E-state index in [1.54, 1.807) is 11.3 Å². The van der Waals surface area contributed by atoms with Crippen molar-refractivity contribution in [2.75, 3.05) is 0 Å². The van der Waals surface area contributed by atoms with Crippen LogP contribution < -0.4 is 5.73 Å². The molecule has 16 heavy (non-hydrogen) atoms. The summed E-state index contributed by atoms with van der Waals surface area (Å²) in [7, 11) is 0. The summed E-state index contributed by atoms with van der Waals surface area (Å²) in [4.78, 5) is 5.57. The fourth-order valence-corrected chi connectivity index (χ4v) is 2.48. The van der Waals surface area contributed by atoms with E-state index in [2.05, 4.69) is 36.2 Å². The molecule has 3 heteroatoms. The molecule has 0 saturated heterocycles. The number of hydrogen-bond donors (Lipinski definition) is 1. The molecule has 0 aliphatic rings. The minimum Gasteiger partial charge on any atom is -0.323 e. The number of thiazole rings is 1. The molecule has 0 aliphatic heterocycles. The van der Waals surface area contributed by atoms with Gasteiger partial charge in [0.1, 0.15) is 0 Å². The van der Waals surface area contributed by atoms with Gasteiger partial charge in [0.25, 0.3) is 0 Å². The van der Waals surface area contributed by atoms with Crippen LogP contribution in [0.4, 0.5) is 0 Å². The maximum Gasteiger partial charge on any atom is 0.0972 e. The highest BCUT2D eigenvalue weighted by molar-refractivity contribution is 7.11. The molecule has 2 nitrogen and oxygen atoms in total. The van der Waals surface area contributed by atoms with Crippen molar-refractivity contribution >= 4 is 11.3 Å². The van der Waals surface area contributed by atoms with Crippen LogP contribution in [0.15, 0.2) is 30.5 Å². The summed E-state index contributed by atoms with van der Waals surface area (Å²) in [6.45, 7) is 4.13. The van der Waals surface area contributed by atoms with Crippen LogP contribution in [0.25, 0.3) is 0 Å². The van der Waals surface area contributed by atoms with Gasteiger partial charge in [-0.15, -0.1) is 11.3 Å². The summed E-state index contributed by atoms with van der Waals surface area (Å²) in [5, 5.41) is 1.14. The number of rotatable bonds is 3. The molecule has 2 N–H and O–H groups in total. The van der Waals surface area contributed by atoms with E-state index < -0.39 is 0 Å². The van der Waals surface area contributed by atoms with Crippen LogP contribution in [0.1, 0.15) is 34.0 Å². The summed E-state index contributed by atoms with van der Waals surface area (Å²) >= 11 is 1.71. The topological polar surface area (TPSA) is 38.9 Å². The Bertz CT molecular complexity index is 474. The highest BCUT2D eigenvalue weighted by Gasteiger charge is 2.07. The average molecular weight is 232 g/mol. The van der Waals surface area contributed by atoms with E-state index in [-0.39, 0.29) is 6.04 Å². The minimum absolute atomic E-state index is 0.0862. The summed E-state index contributed by atoms with van der Waals surface area (Å²) in [5.74, 6) is 0. The average Bonchev–Trinajstić information content (AvgIpc) is 2.70. The lowest BCUT2D eigenvalue weighted by Crippen LogP contribution is -2.01. The minimum atomic E-state index is 0.0862. The first-order chi connectivity index (χ1) is 7.66. The maximum absolute atomic E-state index is 5.82. The Labute approximate surface area is 100 Å². The van der Waals surface area contributed by atoms with Gasteiger partial charge in [0, 0.05) is 23.5 Å². The molecule has 0 saturated carbocycles. The van der Waals surface area contributed by atoms with E-state index in [4.69, 9.17) is 5.73 Å². The van der Waals surface area contributed by atoms with E-state index in [0.717, 1.165) is 16.3 Å². The molecule has 84 valence electrons. The molecule has 0 radical (unpaired) electrons. The van der Waals surface area contributed by atoms with E-state index in [1.807, 2.05) is 13.1 Å². The fraction of sp³-hybridized carbons (Fsp3) is 0.308. The third kappa shape index (κ3) is 2.49. The molecular weight excluding hydrogens is 216 g/mol. The molecule has 0 spiro atoms. The zero-order valence-electron chi connectivity index (χ0n) is 9.60. The molecule has 0 bridgehead atoms. The van der Waals surface area contributed by atoms with Gasteiger partial charge in [0.05, 0.1) is 5.01 Å². The molecule has 2 rings (SSSR count). The normalized spacial score (nSPS) is 12.7. The van der Waals surface area contributed by atoms with Gasteiger partial charge in [0.15, 0.2) is 0 Å². The summed E-state index contributed by atoms with van der Waals surface area (Å²) < 4.78 is 0. The second-order valence-electron chi connectivity index (χ2n) is 4.05. The van der Waals surface area contributed by atoms with Gasteiger partial charge < -0.3 is 5.73 Å².